The van der Waals surface area contributed by atoms with Crippen molar-refractivity contribution in [3.05, 3.63) is 0 Å². The average Bonchev–Trinajstić information content (AvgIpc) is 3.21. The van der Waals surface area contributed by atoms with Crippen LogP contribution in [0, 0.1) is 11.8 Å². The van der Waals surface area contributed by atoms with Crippen LogP contribution in [-0.2, 0) is 33.5 Å². The zero-order valence-electron chi connectivity index (χ0n) is 26.8. The van der Waals surface area contributed by atoms with Crippen LogP contribution < -0.4 is 10.6 Å². The second-order valence-corrected chi connectivity index (χ2v) is 14.0. The summed E-state index contributed by atoms with van der Waals surface area (Å²) in [5, 5.41) is 23.1. The lowest BCUT2D eigenvalue weighted by Gasteiger charge is -2.30. The van der Waals surface area contributed by atoms with Gasteiger partial charge in [-0.25, -0.2) is 14.4 Å². The molecule has 1 aliphatic heterocycles. The molecule has 45 heavy (non-hydrogen) atoms. The molecule has 0 spiro atoms. The predicted octanol–water partition coefficient (Wildman–Crippen LogP) is 2.24. The molecule has 1 aliphatic carbocycles. The number of rotatable bonds is 16. The summed E-state index contributed by atoms with van der Waals surface area (Å²) in [4.78, 5) is 87.3. The summed E-state index contributed by atoms with van der Waals surface area (Å²) in [6, 6.07) is -2.03. The monoisotopic (exact) mass is 656 g/mol. The van der Waals surface area contributed by atoms with Crippen LogP contribution in [0.15, 0.2) is 0 Å². The van der Waals surface area contributed by atoms with Gasteiger partial charge in [0.05, 0.1) is 5.25 Å². The van der Waals surface area contributed by atoms with E-state index in [2.05, 4.69) is 10.6 Å². The Hall–Kier alpha value is -3.36. The number of ether oxygens (including phenoxy) is 1. The summed E-state index contributed by atoms with van der Waals surface area (Å²) in [6.45, 7) is 7.17. The van der Waals surface area contributed by atoms with Gasteiger partial charge < -0.3 is 30.5 Å². The van der Waals surface area contributed by atoms with Crippen LogP contribution >= 0.6 is 11.8 Å². The molecule has 1 heterocycles. The Kier molecular flexibility index (Phi) is 14.6. The summed E-state index contributed by atoms with van der Waals surface area (Å²) in [6.07, 6.45) is 3.24. The lowest BCUT2D eigenvalue weighted by Crippen LogP contribution is -2.43. The van der Waals surface area contributed by atoms with E-state index in [1.807, 2.05) is 0 Å². The number of nitrogens with one attached hydrogen (secondary N) is 2. The Morgan fingerprint density at radius 3 is 2.27 bits per heavy atom. The van der Waals surface area contributed by atoms with E-state index in [1.54, 1.807) is 20.8 Å². The van der Waals surface area contributed by atoms with Gasteiger partial charge in [-0.05, 0) is 78.6 Å². The van der Waals surface area contributed by atoms with Crippen molar-refractivity contribution in [2.45, 2.75) is 108 Å². The molecule has 14 nitrogen and oxygen atoms in total. The molecular weight excluding hydrogens is 608 g/mol. The summed E-state index contributed by atoms with van der Waals surface area (Å²) in [5.41, 5.74) is -0.740. The number of unbranched alkanes of at least 4 members (excludes halogenated alkanes) is 1. The van der Waals surface area contributed by atoms with E-state index in [9.17, 15) is 38.7 Å². The first-order chi connectivity index (χ1) is 21.0. The number of amides is 5. The molecule has 2 unspecified atom stereocenters. The molecule has 4 N–H and O–H groups in total. The minimum Gasteiger partial charge on any atom is -0.480 e. The summed E-state index contributed by atoms with van der Waals surface area (Å²) in [5.74, 6) is -2.95. The Morgan fingerprint density at radius 2 is 1.69 bits per heavy atom. The lowest BCUT2D eigenvalue weighted by molar-refractivity contribution is -0.148. The number of hydrogen-bond acceptors (Lipinski definition) is 9. The van der Waals surface area contributed by atoms with Crippen LogP contribution in [0.2, 0.25) is 0 Å². The van der Waals surface area contributed by atoms with Crippen molar-refractivity contribution in [2.24, 2.45) is 11.8 Å². The third-order valence-corrected chi connectivity index (χ3v) is 9.25. The average molecular weight is 657 g/mol. The van der Waals surface area contributed by atoms with Crippen LogP contribution in [0.3, 0.4) is 0 Å². The Bertz CT molecular complexity index is 1100. The van der Waals surface area contributed by atoms with Gasteiger partial charge in [0.1, 0.15) is 17.7 Å². The molecule has 0 radical (unpaired) electrons. The van der Waals surface area contributed by atoms with E-state index in [-0.39, 0.29) is 54.7 Å². The number of likely N-dealkylation sites (tertiary alicyclic amines) is 1. The van der Waals surface area contributed by atoms with Crippen LogP contribution in [0.25, 0.3) is 0 Å². The van der Waals surface area contributed by atoms with Crippen molar-refractivity contribution in [3.8, 4) is 0 Å². The zero-order chi connectivity index (χ0) is 33.9. The van der Waals surface area contributed by atoms with E-state index in [1.165, 1.54) is 30.6 Å². The number of aliphatic carboxylic acids is 2. The predicted molar refractivity (Wildman–Crippen MR) is 165 cm³/mol. The van der Waals surface area contributed by atoms with Gasteiger partial charge in [0.2, 0.25) is 23.6 Å². The molecule has 0 aromatic rings. The van der Waals surface area contributed by atoms with E-state index in [0.717, 1.165) is 4.90 Å². The fourth-order valence-electron chi connectivity index (χ4n) is 5.22. The van der Waals surface area contributed by atoms with Crippen LogP contribution in [0.1, 0.15) is 85.5 Å². The molecule has 254 valence electrons. The van der Waals surface area contributed by atoms with E-state index >= 15 is 0 Å². The highest BCUT2D eigenvalue weighted by Gasteiger charge is 2.40. The van der Waals surface area contributed by atoms with Gasteiger partial charge in [0.25, 0.3) is 0 Å². The van der Waals surface area contributed by atoms with E-state index in [0.29, 0.717) is 57.4 Å². The van der Waals surface area contributed by atoms with Gasteiger partial charge in [-0.1, -0.05) is 0 Å². The summed E-state index contributed by atoms with van der Waals surface area (Å²) in [7, 11) is 1.42. The minimum absolute atomic E-state index is 0.0665. The maximum absolute atomic E-state index is 12.9. The Balaban J connectivity index is 1.67. The minimum atomic E-state index is -1.16. The molecule has 0 aromatic carbocycles. The van der Waals surface area contributed by atoms with Crippen molar-refractivity contribution in [2.75, 3.05) is 25.9 Å². The van der Waals surface area contributed by atoms with Crippen molar-refractivity contribution in [1.82, 2.24) is 20.4 Å². The molecule has 2 aliphatic rings. The molecular formula is C30H48N4O10S. The van der Waals surface area contributed by atoms with Gasteiger partial charge in [-0.15, -0.1) is 11.8 Å². The standard InChI is InChI=1S/C30H48N4O10S/c1-18(27(39)40)33(5)23(35)13-15-45-22-16-24(36)34(26(22)38)17-19-9-11-20(12-10-19)25(37)31-14-7-6-8-21(28(41)42)32-29(43)44-30(2,3)4/h18-22H,6-17H2,1-5H3,(H,31,37)(H,32,43)(H,39,40)(H,41,42)/t18-,19?,20?,21?,22?/m0/s1. The molecule has 2 rings (SSSR count). The van der Waals surface area contributed by atoms with Crippen molar-refractivity contribution >= 4 is 53.4 Å². The lowest BCUT2D eigenvalue weighted by atomic mass is 9.81. The zero-order valence-corrected chi connectivity index (χ0v) is 27.7. The number of thioether (sulfide) groups is 1. The van der Waals surface area contributed by atoms with Crippen molar-refractivity contribution in [1.29, 1.82) is 0 Å². The van der Waals surface area contributed by atoms with Crippen LogP contribution in [-0.4, -0.2) is 110 Å². The van der Waals surface area contributed by atoms with Gasteiger partial charge in [-0.2, -0.15) is 0 Å². The number of nitrogens with zero attached hydrogens (tertiary/aromatic N) is 2. The highest BCUT2D eigenvalue weighted by Crippen LogP contribution is 2.32. The number of imide groups is 1. The fraction of sp³-hybridized carbons (Fsp3) is 0.767. The third kappa shape index (κ3) is 12.5. The highest BCUT2D eigenvalue weighted by atomic mass is 32.2. The number of hydrogen-bond donors (Lipinski definition) is 4. The number of carboxylic acid groups (broad SMARTS) is 2. The largest absolute Gasteiger partial charge is 0.480 e. The molecule has 5 amide bonds. The van der Waals surface area contributed by atoms with Crippen LogP contribution in [0.4, 0.5) is 4.79 Å². The quantitative estimate of drug-likeness (QED) is 0.140. The molecule has 3 atom stereocenters. The first-order valence-electron chi connectivity index (χ1n) is 15.4. The Labute approximate surface area is 268 Å². The van der Waals surface area contributed by atoms with Gasteiger partial charge in [0.15, 0.2) is 0 Å². The number of likely N-dealkylation sites (N-methyl/N-ethyl adjacent to an activating group) is 1. The molecule has 1 saturated heterocycles. The smallest absolute Gasteiger partial charge is 0.408 e. The van der Waals surface area contributed by atoms with Gasteiger partial charge in [-0.3, -0.25) is 24.1 Å². The normalized spacial score (nSPS) is 21.5. The maximum atomic E-state index is 12.9. The molecule has 1 saturated carbocycles. The van der Waals surface area contributed by atoms with Crippen molar-refractivity contribution < 1.29 is 48.5 Å². The number of carboxylic acids is 2. The van der Waals surface area contributed by atoms with Crippen LogP contribution in [0.5, 0.6) is 0 Å². The van der Waals surface area contributed by atoms with E-state index < -0.39 is 41.0 Å². The second kappa shape index (κ2) is 17.4. The third-order valence-electron chi connectivity index (χ3n) is 8.04. The fourth-order valence-corrected chi connectivity index (χ4v) is 6.33. The highest BCUT2D eigenvalue weighted by molar-refractivity contribution is 8.00. The molecule has 0 bridgehead atoms. The molecule has 15 heteroatoms. The summed E-state index contributed by atoms with van der Waals surface area (Å²) < 4.78 is 5.11. The topological polar surface area (TPSA) is 200 Å². The number of carbonyl (C=O) groups excluding carboxylic acids is 5. The Morgan fingerprint density at radius 1 is 1.04 bits per heavy atom. The van der Waals surface area contributed by atoms with E-state index in [4.69, 9.17) is 9.84 Å². The second-order valence-electron chi connectivity index (χ2n) is 12.7. The number of alkyl carbamates (subject to hydrolysis) is 1. The van der Waals surface area contributed by atoms with Gasteiger partial charge >= 0.3 is 18.0 Å². The maximum Gasteiger partial charge on any atom is 0.408 e. The number of carbonyl (C=O) groups is 7. The van der Waals surface area contributed by atoms with Crippen molar-refractivity contribution in [3.63, 3.8) is 0 Å². The molecule has 2 fully saturated rings. The van der Waals surface area contributed by atoms with Gasteiger partial charge in [0, 0.05) is 44.6 Å². The SMILES string of the molecule is C[C@@H](C(=O)O)N(C)C(=O)CCSC1CC(=O)N(CC2CCC(C(=O)NCCCCC(NC(=O)OC(C)(C)C)C(=O)O)CC2)C1=O. The molecule has 0 aromatic heterocycles. The first-order valence-corrected chi connectivity index (χ1v) is 16.5. The first kappa shape index (κ1) is 37.8. The summed E-state index contributed by atoms with van der Waals surface area (Å²) >= 11 is 1.24.